The molecule has 4 nitrogen and oxygen atoms in total. The van der Waals surface area contributed by atoms with E-state index >= 15 is 0 Å². The maximum absolute atomic E-state index is 11.0. The zero-order valence-electron chi connectivity index (χ0n) is 8.87. The van der Waals surface area contributed by atoms with Gasteiger partial charge in [0, 0.05) is 5.92 Å². The lowest BCUT2D eigenvalue weighted by Gasteiger charge is -2.02. The molecule has 14 heavy (non-hydrogen) atoms. The molecule has 0 aromatic carbocycles. The summed E-state index contributed by atoms with van der Waals surface area (Å²) in [7, 11) is 0. The van der Waals surface area contributed by atoms with Gasteiger partial charge in [-0.1, -0.05) is 32.9 Å². The van der Waals surface area contributed by atoms with E-state index < -0.39 is 5.97 Å². The van der Waals surface area contributed by atoms with E-state index in [4.69, 9.17) is 9.63 Å². The van der Waals surface area contributed by atoms with Gasteiger partial charge in [0.1, 0.15) is 11.3 Å². The van der Waals surface area contributed by atoms with Crippen LogP contribution in [0.1, 0.15) is 61.3 Å². The van der Waals surface area contributed by atoms with Crippen LogP contribution in [0.3, 0.4) is 0 Å². The van der Waals surface area contributed by atoms with Crippen LogP contribution in [0.25, 0.3) is 0 Å². The zero-order chi connectivity index (χ0) is 10.9. The molecular weight excluding hydrogens is 182 g/mol. The first kappa shape index (κ1) is 10.8. The number of carboxylic acids is 1. The first-order valence-electron chi connectivity index (χ1n) is 4.67. The summed E-state index contributed by atoms with van der Waals surface area (Å²) in [5, 5.41) is 12.8. The van der Waals surface area contributed by atoms with Crippen LogP contribution in [0.5, 0.6) is 0 Å². The lowest BCUT2D eigenvalue weighted by atomic mass is 10.00. The number of hydrogen-bond donors (Lipinski definition) is 1. The summed E-state index contributed by atoms with van der Waals surface area (Å²) >= 11 is 0. The topological polar surface area (TPSA) is 63.3 Å². The van der Waals surface area contributed by atoms with Crippen molar-refractivity contribution in [3.8, 4) is 0 Å². The normalized spacial score (nSPS) is 11.3. The lowest BCUT2D eigenvalue weighted by molar-refractivity contribution is 0.0692. The SMILES string of the molecule is CC(C)c1noc(C(C)C)c1C(=O)O. The number of hydrogen-bond acceptors (Lipinski definition) is 3. The molecule has 1 aromatic rings. The third-order valence-electron chi connectivity index (χ3n) is 2.03. The molecule has 0 saturated heterocycles. The summed E-state index contributed by atoms with van der Waals surface area (Å²) in [4.78, 5) is 11.0. The maximum atomic E-state index is 11.0. The summed E-state index contributed by atoms with van der Waals surface area (Å²) in [5.74, 6) is -0.390. The zero-order valence-corrected chi connectivity index (χ0v) is 8.87. The molecule has 1 N–H and O–H groups in total. The molecule has 1 rings (SSSR count). The predicted octanol–water partition coefficient (Wildman–Crippen LogP) is 2.62. The van der Waals surface area contributed by atoms with Crippen LogP contribution in [0, 0.1) is 0 Å². The Morgan fingerprint density at radius 2 is 1.86 bits per heavy atom. The van der Waals surface area contributed by atoms with Crippen LogP contribution < -0.4 is 0 Å². The van der Waals surface area contributed by atoms with Crippen molar-refractivity contribution in [1.29, 1.82) is 0 Å². The summed E-state index contributed by atoms with van der Waals surface area (Å²) < 4.78 is 5.05. The number of aromatic nitrogens is 1. The molecule has 0 atom stereocenters. The highest BCUT2D eigenvalue weighted by Gasteiger charge is 2.25. The van der Waals surface area contributed by atoms with Gasteiger partial charge >= 0.3 is 5.97 Å². The van der Waals surface area contributed by atoms with E-state index in [1.807, 2.05) is 27.7 Å². The van der Waals surface area contributed by atoms with Crippen LogP contribution >= 0.6 is 0 Å². The van der Waals surface area contributed by atoms with Crippen LogP contribution in [-0.2, 0) is 0 Å². The van der Waals surface area contributed by atoms with Gasteiger partial charge in [0.05, 0.1) is 0 Å². The highest BCUT2D eigenvalue weighted by atomic mass is 16.5. The Morgan fingerprint density at radius 1 is 1.29 bits per heavy atom. The third-order valence-corrected chi connectivity index (χ3v) is 2.03. The van der Waals surface area contributed by atoms with E-state index in [0.29, 0.717) is 11.5 Å². The van der Waals surface area contributed by atoms with Crippen LogP contribution in [0.15, 0.2) is 4.52 Å². The second kappa shape index (κ2) is 3.82. The molecule has 1 heterocycles. The van der Waals surface area contributed by atoms with Gasteiger partial charge in [-0.25, -0.2) is 4.79 Å². The highest BCUT2D eigenvalue weighted by Crippen LogP contribution is 2.26. The van der Waals surface area contributed by atoms with Gasteiger partial charge in [0.25, 0.3) is 0 Å². The van der Waals surface area contributed by atoms with E-state index in [1.54, 1.807) is 0 Å². The molecule has 0 aliphatic heterocycles. The van der Waals surface area contributed by atoms with E-state index in [0.717, 1.165) is 0 Å². The lowest BCUT2D eigenvalue weighted by Crippen LogP contribution is -2.05. The fourth-order valence-corrected chi connectivity index (χ4v) is 1.32. The number of carboxylic acid groups (broad SMARTS) is 1. The monoisotopic (exact) mass is 197 g/mol. The van der Waals surface area contributed by atoms with Crippen molar-refractivity contribution in [2.45, 2.75) is 39.5 Å². The number of rotatable bonds is 3. The summed E-state index contributed by atoms with van der Waals surface area (Å²) in [6.07, 6.45) is 0. The fourth-order valence-electron chi connectivity index (χ4n) is 1.32. The Bertz CT molecular complexity index is 314. The quantitative estimate of drug-likeness (QED) is 0.808. The molecule has 0 fully saturated rings. The average Bonchev–Trinajstić information content (AvgIpc) is 2.46. The molecule has 0 amide bonds. The molecule has 4 heteroatoms. The highest BCUT2D eigenvalue weighted by molar-refractivity contribution is 5.90. The van der Waals surface area contributed by atoms with Crippen molar-refractivity contribution in [2.75, 3.05) is 0 Å². The van der Waals surface area contributed by atoms with Crippen LogP contribution in [0.4, 0.5) is 0 Å². The summed E-state index contributed by atoms with van der Waals surface area (Å²) in [6.45, 7) is 7.57. The minimum absolute atomic E-state index is 0.0427. The number of aromatic carboxylic acids is 1. The van der Waals surface area contributed by atoms with Gasteiger partial charge in [0.2, 0.25) is 0 Å². The molecule has 0 spiro atoms. The second-order valence-corrected chi connectivity index (χ2v) is 3.92. The van der Waals surface area contributed by atoms with E-state index in [-0.39, 0.29) is 17.4 Å². The summed E-state index contributed by atoms with van der Waals surface area (Å²) in [5.41, 5.74) is 0.760. The molecule has 0 radical (unpaired) electrons. The Labute approximate surface area is 82.9 Å². The Balaban J connectivity index is 3.28. The molecule has 0 aliphatic rings. The largest absolute Gasteiger partial charge is 0.477 e. The Morgan fingerprint density at radius 3 is 2.21 bits per heavy atom. The van der Waals surface area contributed by atoms with Crippen molar-refractivity contribution in [3.63, 3.8) is 0 Å². The van der Waals surface area contributed by atoms with Gasteiger partial charge in [-0.05, 0) is 5.92 Å². The number of nitrogens with zero attached hydrogens (tertiary/aromatic N) is 1. The third kappa shape index (κ3) is 1.78. The van der Waals surface area contributed by atoms with E-state index in [9.17, 15) is 4.79 Å². The molecular formula is C10H15NO3. The van der Waals surface area contributed by atoms with Gasteiger partial charge < -0.3 is 9.63 Å². The van der Waals surface area contributed by atoms with Crippen molar-refractivity contribution in [1.82, 2.24) is 5.16 Å². The van der Waals surface area contributed by atoms with Crippen LogP contribution in [0.2, 0.25) is 0 Å². The Hall–Kier alpha value is -1.32. The van der Waals surface area contributed by atoms with E-state index in [2.05, 4.69) is 5.16 Å². The standard InChI is InChI=1S/C10H15NO3/c1-5(2)8-7(10(12)13)9(6(3)4)14-11-8/h5-6H,1-4H3,(H,12,13). The van der Waals surface area contributed by atoms with Gasteiger partial charge in [0.15, 0.2) is 5.76 Å². The van der Waals surface area contributed by atoms with Crippen LogP contribution in [-0.4, -0.2) is 16.2 Å². The molecule has 1 aromatic heterocycles. The first-order chi connectivity index (χ1) is 6.45. The minimum Gasteiger partial charge on any atom is -0.477 e. The predicted molar refractivity (Wildman–Crippen MR) is 51.6 cm³/mol. The minimum atomic E-state index is -0.960. The molecule has 0 bridgehead atoms. The van der Waals surface area contributed by atoms with E-state index in [1.165, 1.54) is 0 Å². The van der Waals surface area contributed by atoms with Gasteiger partial charge in [-0.15, -0.1) is 0 Å². The van der Waals surface area contributed by atoms with Crippen molar-refractivity contribution in [3.05, 3.63) is 17.0 Å². The fraction of sp³-hybridized carbons (Fsp3) is 0.600. The van der Waals surface area contributed by atoms with Crippen molar-refractivity contribution < 1.29 is 14.4 Å². The molecule has 0 aliphatic carbocycles. The Kier molecular flexibility index (Phi) is 2.93. The molecule has 0 saturated carbocycles. The van der Waals surface area contributed by atoms with Gasteiger partial charge in [-0.2, -0.15) is 0 Å². The molecule has 78 valence electrons. The van der Waals surface area contributed by atoms with Crippen molar-refractivity contribution >= 4 is 5.97 Å². The van der Waals surface area contributed by atoms with Gasteiger partial charge in [-0.3, -0.25) is 0 Å². The second-order valence-electron chi connectivity index (χ2n) is 3.92. The smallest absolute Gasteiger partial charge is 0.341 e. The molecule has 0 unspecified atom stereocenters. The van der Waals surface area contributed by atoms with Crippen molar-refractivity contribution in [2.24, 2.45) is 0 Å². The maximum Gasteiger partial charge on any atom is 0.341 e. The first-order valence-corrected chi connectivity index (χ1v) is 4.67. The summed E-state index contributed by atoms with van der Waals surface area (Å²) in [6, 6.07) is 0. The average molecular weight is 197 g/mol. The number of carbonyl (C=O) groups is 1.